The minimum atomic E-state index is -2.99. The van der Waals surface area contributed by atoms with Crippen LogP contribution in [0.3, 0.4) is 0 Å². The van der Waals surface area contributed by atoms with Crippen LogP contribution in [0.5, 0.6) is 5.75 Å². The van der Waals surface area contributed by atoms with Gasteiger partial charge in [0.15, 0.2) is 9.84 Å². The molecule has 0 aliphatic carbocycles. The first kappa shape index (κ1) is 14.9. The van der Waals surface area contributed by atoms with Crippen LogP contribution in [0.15, 0.2) is 24.3 Å². The summed E-state index contributed by atoms with van der Waals surface area (Å²) in [6.07, 6.45) is 0.630. The van der Waals surface area contributed by atoms with Crippen molar-refractivity contribution in [3.8, 4) is 5.75 Å². The molecule has 0 radical (unpaired) electrons. The van der Waals surface area contributed by atoms with Gasteiger partial charge in [-0.2, -0.15) is 0 Å². The van der Waals surface area contributed by atoms with Gasteiger partial charge in [-0.3, -0.25) is 0 Å². The highest BCUT2D eigenvalue weighted by atomic mass is 32.2. The number of rotatable bonds is 7. The molecule has 0 unspecified atom stereocenters. The van der Waals surface area contributed by atoms with Crippen molar-refractivity contribution in [3.63, 3.8) is 0 Å². The fraction of sp³-hybridized carbons (Fsp3) is 0.417. The Labute approximate surface area is 113 Å². The van der Waals surface area contributed by atoms with Crippen molar-refractivity contribution >= 4 is 27.0 Å². The summed E-state index contributed by atoms with van der Waals surface area (Å²) in [7, 11) is -2.99. The molecule has 0 amide bonds. The first-order valence-corrected chi connectivity index (χ1v) is 7.90. The van der Waals surface area contributed by atoms with Crippen molar-refractivity contribution in [2.24, 2.45) is 5.73 Å². The molecule has 1 rings (SSSR count). The van der Waals surface area contributed by atoms with Gasteiger partial charge in [0.05, 0.1) is 11.5 Å². The summed E-state index contributed by atoms with van der Waals surface area (Å²) in [4.78, 5) is 0.326. The second-order valence-electron chi connectivity index (χ2n) is 3.89. The van der Waals surface area contributed by atoms with E-state index in [9.17, 15) is 8.42 Å². The van der Waals surface area contributed by atoms with E-state index in [1.807, 2.05) is 6.92 Å². The van der Waals surface area contributed by atoms with E-state index < -0.39 is 9.84 Å². The van der Waals surface area contributed by atoms with E-state index >= 15 is 0 Å². The van der Waals surface area contributed by atoms with Crippen molar-refractivity contribution in [1.29, 1.82) is 0 Å². The Morgan fingerprint density at radius 3 is 2.39 bits per heavy atom. The third-order valence-corrected chi connectivity index (χ3v) is 4.37. The van der Waals surface area contributed by atoms with E-state index in [4.69, 9.17) is 22.7 Å². The zero-order valence-corrected chi connectivity index (χ0v) is 11.9. The van der Waals surface area contributed by atoms with E-state index in [1.54, 1.807) is 24.3 Å². The van der Waals surface area contributed by atoms with Crippen LogP contribution in [0.25, 0.3) is 0 Å². The van der Waals surface area contributed by atoms with Crippen LogP contribution in [0.4, 0.5) is 0 Å². The summed E-state index contributed by atoms with van der Waals surface area (Å²) in [6.45, 7) is 2.00. The van der Waals surface area contributed by atoms with E-state index in [-0.39, 0.29) is 18.1 Å². The molecule has 1 aromatic carbocycles. The summed E-state index contributed by atoms with van der Waals surface area (Å²) in [6, 6.07) is 6.94. The molecule has 0 spiro atoms. The monoisotopic (exact) mass is 287 g/mol. The van der Waals surface area contributed by atoms with E-state index in [0.717, 1.165) is 5.56 Å². The molecule has 0 heterocycles. The molecule has 0 atom stereocenters. The normalized spacial score (nSPS) is 11.2. The number of benzene rings is 1. The lowest BCUT2D eigenvalue weighted by Crippen LogP contribution is -2.16. The Hall–Kier alpha value is -1.14. The Bertz CT molecular complexity index is 495. The second-order valence-corrected chi connectivity index (χ2v) is 6.63. The smallest absolute Gasteiger partial charge is 0.153 e. The Kier molecular flexibility index (Phi) is 5.55. The Morgan fingerprint density at radius 2 is 1.89 bits per heavy atom. The molecule has 18 heavy (non-hydrogen) atoms. The van der Waals surface area contributed by atoms with Crippen LogP contribution < -0.4 is 10.5 Å². The topological polar surface area (TPSA) is 69.4 Å². The van der Waals surface area contributed by atoms with Gasteiger partial charge in [-0.25, -0.2) is 8.42 Å². The van der Waals surface area contributed by atoms with Crippen LogP contribution in [0.2, 0.25) is 0 Å². The molecule has 0 aliphatic rings. The molecule has 0 aliphatic heterocycles. The van der Waals surface area contributed by atoms with Gasteiger partial charge in [-0.05, 0) is 30.7 Å². The summed E-state index contributed by atoms with van der Waals surface area (Å²) in [5.41, 5.74) is 6.23. The molecule has 0 fully saturated rings. The summed E-state index contributed by atoms with van der Waals surface area (Å²) in [5.74, 6) is 0.857. The van der Waals surface area contributed by atoms with Gasteiger partial charge < -0.3 is 10.5 Å². The first-order valence-electron chi connectivity index (χ1n) is 5.67. The molecule has 0 bridgehead atoms. The van der Waals surface area contributed by atoms with Gasteiger partial charge in [0.2, 0.25) is 0 Å². The van der Waals surface area contributed by atoms with Crippen molar-refractivity contribution in [3.05, 3.63) is 29.8 Å². The summed E-state index contributed by atoms with van der Waals surface area (Å²) in [5, 5.41) is 0. The number of nitrogens with two attached hydrogens (primary N) is 1. The average Bonchev–Trinajstić information content (AvgIpc) is 2.29. The van der Waals surface area contributed by atoms with Crippen molar-refractivity contribution in [1.82, 2.24) is 0 Å². The van der Waals surface area contributed by atoms with Crippen LogP contribution in [0, 0.1) is 0 Å². The maximum Gasteiger partial charge on any atom is 0.153 e. The maximum atomic E-state index is 11.5. The van der Waals surface area contributed by atoms with Gasteiger partial charge in [-0.15, -0.1) is 0 Å². The highest BCUT2D eigenvalue weighted by Crippen LogP contribution is 2.12. The third-order valence-electron chi connectivity index (χ3n) is 2.32. The van der Waals surface area contributed by atoms with Crippen LogP contribution in [-0.2, 0) is 9.84 Å². The lowest BCUT2D eigenvalue weighted by atomic mass is 10.2. The molecular formula is C12H17NO3S2. The molecule has 0 aromatic heterocycles. The van der Waals surface area contributed by atoms with Gasteiger partial charge in [0.1, 0.15) is 17.3 Å². The largest absolute Gasteiger partial charge is 0.493 e. The molecule has 100 valence electrons. The van der Waals surface area contributed by atoms with E-state index in [2.05, 4.69) is 0 Å². The highest BCUT2D eigenvalue weighted by molar-refractivity contribution is 7.91. The quantitative estimate of drug-likeness (QED) is 0.770. The van der Waals surface area contributed by atoms with Gasteiger partial charge >= 0.3 is 0 Å². The standard InChI is InChI=1S/C12H17NO3S2/c1-2-8-18(14,15)9-7-16-11-5-3-10(4-6-11)12(13)17/h3-6H,2,7-9H2,1H3,(H2,13,17). The molecule has 2 N–H and O–H groups in total. The molecule has 6 heteroatoms. The SMILES string of the molecule is CCCS(=O)(=O)CCOc1ccc(C(N)=S)cc1. The maximum absolute atomic E-state index is 11.5. The predicted octanol–water partition coefficient (Wildman–Crippen LogP) is 1.52. The van der Waals surface area contributed by atoms with Crippen LogP contribution in [0.1, 0.15) is 18.9 Å². The lowest BCUT2D eigenvalue weighted by Gasteiger charge is -2.07. The number of sulfone groups is 1. The summed E-state index contributed by atoms with van der Waals surface area (Å²) < 4.78 is 28.3. The number of ether oxygens (including phenoxy) is 1. The fourth-order valence-corrected chi connectivity index (χ4v) is 2.71. The molecule has 0 saturated carbocycles. The molecule has 4 nitrogen and oxygen atoms in total. The Balaban J connectivity index is 2.47. The predicted molar refractivity (Wildman–Crippen MR) is 76.8 cm³/mol. The molecular weight excluding hydrogens is 270 g/mol. The lowest BCUT2D eigenvalue weighted by molar-refractivity contribution is 0.341. The van der Waals surface area contributed by atoms with E-state index in [0.29, 0.717) is 17.2 Å². The summed E-state index contributed by atoms with van der Waals surface area (Å²) >= 11 is 4.83. The van der Waals surface area contributed by atoms with Crippen LogP contribution >= 0.6 is 12.2 Å². The zero-order valence-electron chi connectivity index (χ0n) is 10.3. The number of hydrogen-bond donors (Lipinski definition) is 1. The second kappa shape index (κ2) is 6.70. The number of hydrogen-bond acceptors (Lipinski definition) is 4. The third kappa shape index (κ3) is 5.01. The number of thiocarbonyl (C=S) groups is 1. The van der Waals surface area contributed by atoms with Crippen molar-refractivity contribution < 1.29 is 13.2 Å². The van der Waals surface area contributed by atoms with Crippen LogP contribution in [-0.4, -0.2) is 31.5 Å². The zero-order chi connectivity index (χ0) is 13.6. The highest BCUT2D eigenvalue weighted by Gasteiger charge is 2.09. The molecule has 1 aromatic rings. The molecule has 0 saturated heterocycles. The minimum Gasteiger partial charge on any atom is -0.493 e. The van der Waals surface area contributed by atoms with Crippen molar-refractivity contribution in [2.45, 2.75) is 13.3 Å². The van der Waals surface area contributed by atoms with Gasteiger partial charge in [0, 0.05) is 5.56 Å². The van der Waals surface area contributed by atoms with Gasteiger partial charge in [-0.1, -0.05) is 19.1 Å². The minimum absolute atomic E-state index is 0.0396. The van der Waals surface area contributed by atoms with Gasteiger partial charge in [0.25, 0.3) is 0 Å². The van der Waals surface area contributed by atoms with Crippen molar-refractivity contribution in [2.75, 3.05) is 18.1 Å². The first-order chi connectivity index (χ1) is 8.44. The average molecular weight is 287 g/mol. The van der Waals surface area contributed by atoms with E-state index in [1.165, 1.54) is 0 Å². The Morgan fingerprint density at radius 1 is 1.28 bits per heavy atom. The fourth-order valence-electron chi connectivity index (χ4n) is 1.41.